The summed E-state index contributed by atoms with van der Waals surface area (Å²) in [7, 11) is -5.15. The van der Waals surface area contributed by atoms with Gasteiger partial charge in [-0.25, -0.2) is 12.4 Å². The number of hydrogen-bond acceptors (Lipinski definition) is 4. The van der Waals surface area contributed by atoms with E-state index in [9.17, 15) is 13.0 Å². The zero-order chi connectivity index (χ0) is 36.3. The zero-order valence-corrected chi connectivity index (χ0v) is 31.9. The fraction of sp³-hybridized carbons (Fsp3) is 0.136. The lowest BCUT2D eigenvalue weighted by molar-refractivity contribution is 0.535. The van der Waals surface area contributed by atoms with E-state index in [-0.39, 0.29) is 13.3 Å². The quantitative estimate of drug-likeness (QED) is 0.0823. The topological polar surface area (TPSA) is 74.2 Å². The average Bonchev–Trinajstić information content (AvgIpc) is 3.51. The molecule has 7 rings (SSSR count). The van der Waals surface area contributed by atoms with Gasteiger partial charge in [-0.05, 0) is 74.2 Å². The first-order chi connectivity index (χ1) is 25.1. The molecule has 0 bridgehead atoms. The molecule has 0 radical (unpaired) electrons. The number of fused-ring (bicyclic) bond motifs is 1. The highest BCUT2D eigenvalue weighted by molar-refractivity contribution is 7.91. The maximum Gasteiger partial charge on any atom is 0.268 e. The minimum Gasteiger partial charge on any atom is -0.598 e. The van der Waals surface area contributed by atoms with Crippen molar-refractivity contribution in [1.29, 1.82) is 0 Å². The van der Waals surface area contributed by atoms with Gasteiger partial charge in [0.05, 0.1) is 18.8 Å². The van der Waals surface area contributed by atoms with E-state index in [1.807, 2.05) is 106 Å². The van der Waals surface area contributed by atoms with Gasteiger partial charge in [0.15, 0.2) is 0 Å². The molecule has 2 atom stereocenters. The van der Waals surface area contributed by atoms with Crippen LogP contribution in [0.2, 0.25) is 0 Å². The number of nitrogens with one attached hydrogen (secondary N) is 1. The lowest BCUT2D eigenvalue weighted by Crippen LogP contribution is -2.41. The van der Waals surface area contributed by atoms with E-state index < -0.39 is 40.1 Å². The summed E-state index contributed by atoms with van der Waals surface area (Å²) < 4.78 is 48.5. The van der Waals surface area contributed by atoms with E-state index >= 15 is 0 Å². The Morgan fingerprint density at radius 3 is 1.68 bits per heavy atom. The second-order valence-electron chi connectivity index (χ2n) is 13.6. The normalized spacial score (nSPS) is 13.1. The monoisotopic (exact) mass is 754 g/mol. The van der Waals surface area contributed by atoms with Gasteiger partial charge in [0.25, 0.3) is 10.0 Å². The molecule has 6 aromatic carbocycles. The summed E-state index contributed by atoms with van der Waals surface area (Å²) in [5.41, 5.74) is 5.10. The van der Waals surface area contributed by atoms with Gasteiger partial charge in [0.2, 0.25) is 0 Å². The molecule has 0 aliphatic carbocycles. The molecule has 9 heteroatoms. The first-order valence-corrected chi connectivity index (χ1v) is 21.4. The highest BCUT2D eigenvalue weighted by Gasteiger charge is 2.37. The van der Waals surface area contributed by atoms with Gasteiger partial charge in [0.1, 0.15) is 10.8 Å². The predicted molar refractivity (Wildman–Crippen MR) is 228 cm³/mol. The lowest BCUT2D eigenvalue weighted by atomic mass is 9.95. The average molecular weight is 755 g/mol. The van der Waals surface area contributed by atoms with Crippen LogP contribution < -0.4 is 15.3 Å². The fourth-order valence-corrected chi connectivity index (χ4v) is 11.3. The van der Waals surface area contributed by atoms with Crippen LogP contribution in [0.15, 0.2) is 175 Å². The van der Waals surface area contributed by atoms with Gasteiger partial charge in [-0.1, -0.05) is 152 Å². The Bertz CT molecular complexity index is 2330. The Balaban J connectivity index is 0.00000481. The van der Waals surface area contributed by atoms with Crippen molar-refractivity contribution in [2.24, 2.45) is 0 Å². The van der Waals surface area contributed by atoms with Crippen molar-refractivity contribution in [1.82, 2.24) is 8.69 Å². The standard InChI is InChI=1S/C44H41N2O3PS2.BH3/c1-44(2,3)51(47)45-43(35-30-28-34(29-31-35)33-18-8-4-9-19-33)42-39-26-16-17-27-40(39)46(52(48,49)38-24-14-7-15-25-38)41(42)32-50(36-20-10-5-11-21-36)37-22-12-6-13-23-37;/h4-31,43,45H,32H2,1-3H3;1H3. The summed E-state index contributed by atoms with van der Waals surface area (Å²) in [4.78, 5) is 0.210. The van der Waals surface area contributed by atoms with Crippen LogP contribution in [0.3, 0.4) is 0 Å². The van der Waals surface area contributed by atoms with Gasteiger partial charge < -0.3 is 4.55 Å². The molecule has 5 nitrogen and oxygen atoms in total. The van der Waals surface area contributed by atoms with E-state index in [1.54, 1.807) is 28.2 Å². The van der Waals surface area contributed by atoms with E-state index in [4.69, 9.17) is 0 Å². The minimum absolute atomic E-state index is 0. The maximum atomic E-state index is 15.0. The van der Waals surface area contributed by atoms with Crippen LogP contribution in [0.5, 0.6) is 0 Å². The summed E-state index contributed by atoms with van der Waals surface area (Å²) in [5, 5.41) is 3.07. The maximum absolute atomic E-state index is 15.0. The van der Waals surface area contributed by atoms with Crippen molar-refractivity contribution in [2.75, 3.05) is 0 Å². The highest BCUT2D eigenvalue weighted by atomic mass is 32.2. The summed E-state index contributed by atoms with van der Waals surface area (Å²) in [6.45, 7) is 5.83. The van der Waals surface area contributed by atoms with Crippen molar-refractivity contribution in [3.8, 4) is 11.1 Å². The molecule has 1 N–H and O–H groups in total. The third-order valence-electron chi connectivity index (χ3n) is 9.12. The minimum atomic E-state index is -4.08. The van der Waals surface area contributed by atoms with Crippen LogP contribution in [0.1, 0.15) is 43.6 Å². The number of benzene rings is 6. The second-order valence-corrected chi connectivity index (χ2v) is 19.6. The summed E-state index contributed by atoms with van der Waals surface area (Å²) >= 11 is -1.50. The van der Waals surface area contributed by atoms with Gasteiger partial charge in [0, 0.05) is 34.2 Å². The summed E-state index contributed by atoms with van der Waals surface area (Å²) in [5.74, 6) is 0. The smallest absolute Gasteiger partial charge is 0.268 e. The Kier molecular flexibility index (Phi) is 11.8. The molecule has 1 heterocycles. The Labute approximate surface area is 319 Å². The number of nitrogens with zero attached hydrogens (tertiary/aromatic N) is 1. The van der Waals surface area contributed by atoms with Gasteiger partial charge in [-0.2, -0.15) is 0 Å². The van der Waals surface area contributed by atoms with Gasteiger partial charge in [-0.3, -0.25) is 0 Å². The molecule has 2 unspecified atom stereocenters. The Morgan fingerprint density at radius 2 is 1.13 bits per heavy atom. The number of rotatable bonds is 11. The molecule has 0 aliphatic heterocycles. The SMILES string of the molecule is B.CC(C)(C)[S+]([O-])NC(c1ccc(-c2ccccc2)cc1)c1c(CP(c2ccccc2)c2ccccc2)n(S(=O)(=O)c2ccccc2)c2ccccc12. The molecule has 0 amide bonds. The van der Waals surface area contributed by atoms with Crippen LogP contribution in [-0.4, -0.2) is 30.1 Å². The predicted octanol–water partition coefficient (Wildman–Crippen LogP) is 8.14. The lowest BCUT2D eigenvalue weighted by Gasteiger charge is -2.29. The first kappa shape index (κ1) is 38.3. The van der Waals surface area contributed by atoms with E-state index in [0.29, 0.717) is 17.4 Å². The molecular formula is C44H44BN2O3PS2. The number of aromatic nitrogens is 1. The Hall–Kier alpha value is -4.43. The first-order valence-electron chi connectivity index (χ1n) is 17.3. The second kappa shape index (κ2) is 16.3. The van der Waals surface area contributed by atoms with Crippen molar-refractivity contribution in [3.05, 3.63) is 187 Å². The van der Waals surface area contributed by atoms with Crippen LogP contribution in [0.4, 0.5) is 0 Å². The molecule has 1 aromatic heterocycles. The largest absolute Gasteiger partial charge is 0.598 e. The highest BCUT2D eigenvalue weighted by Crippen LogP contribution is 2.45. The zero-order valence-electron chi connectivity index (χ0n) is 29.4. The molecule has 0 aliphatic rings. The Morgan fingerprint density at radius 1 is 0.660 bits per heavy atom. The van der Waals surface area contributed by atoms with Crippen LogP contribution >= 0.6 is 7.92 Å². The van der Waals surface area contributed by atoms with E-state index in [2.05, 4.69) is 65.4 Å². The molecule has 0 saturated heterocycles. The molecule has 0 fully saturated rings. The molecular weight excluding hydrogens is 710 g/mol. The van der Waals surface area contributed by atoms with Crippen LogP contribution in [0, 0.1) is 0 Å². The number of hydrogen-bond donors (Lipinski definition) is 1. The van der Waals surface area contributed by atoms with Crippen molar-refractivity contribution >= 4 is 59.2 Å². The molecule has 268 valence electrons. The van der Waals surface area contributed by atoms with Crippen LogP contribution in [-0.2, 0) is 27.5 Å². The van der Waals surface area contributed by atoms with Crippen molar-refractivity contribution in [2.45, 2.75) is 42.6 Å². The molecule has 0 saturated carbocycles. The summed E-state index contributed by atoms with van der Waals surface area (Å²) in [6, 6.07) is 54.9. The van der Waals surface area contributed by atoms with E-state index in [0.717, 1.165) is 38.2 Å². The molecule has 53 heavy (non-hydrogen) atoms. The van der Waals surface area contributed by atoms with Crippen molar-refractivity contribution < 1.29 is 13.0 Å². The third-order valence-corrected chi connectivity index (χ3v) is 14.9. The molecule has 0 spiro atoms. The van der Waals surface area contributed by atoms with E-state index in [1.165, 1.54) is 0 Å². The number of para-hydroxylation sites is 1. The summed E-state index contributed by atoms with van der Waals surface area (Å²) in [6.07, 6.45) is 0.432. The van der Waals surface area contributed by atoms with Crippen molar-refractivity contribution in [3.63, 3.8) is 0 Å². The fourth-order valence-electron chi connectivity index (χ4n) is 6.51. The van der Waals surface area contributed by atoms with Gasteiger partial charge >= 0.3 is 0 Å². The van der Waals surface area contributed by atoms with Gasteiger partial charge in [-0.15, -0.1) is 4.72 Å². The third kappa shape index (κ3) is 8.08. The molecule has 7 aromatic rings. The van der Waals surface area contributed by atoms with Crippen LogP contribution in [0.25, 0.3) is 22.0 Å².